The number of anilines is 1. The molecule has 3 nitrogen and oxygen atoms in total. The summed E-state index contributed by atoms with van der Waals surface area (Å²) in [6.07, 6.45) is 1.00. The number of allylic oxidation sites excluding steroid dienone is 1. The highest BCUT2D eigenvalue weighted by Crippen LogP contribution is 2.52. The number of carbonyl (C=O) groups is 1. The molecule has 0 aromatic heterocycles. The third-order valence-electron chi connectivity index (χ3n) is 5.14. The molecule has 0 bridgehead atoms. The van der Waals surface area contributed by atoms with Gasteiger partial charge in [-0.25, -0.2) is 4.39 Å². The molecule has 1 saturated heterocycles. The van der Waals surface area contributed by atoms with Crippen LogP contribution in [0.1, 0.15) is 39.2 Å². The minimum absolute atomic E-state index is 0.0434. The summed E-state index contributed by atoms with van der Waals surface area (Å²) in [5.41, 5.74) is 0.927. The lowest BCUT2D eigenvalue weighted by molar-refractivity contribution is -0.122. The summed E-state index contributed by atoms with van der Waals surface area (Å²) in [7, 11) is 0. The minimum atomic E-state index is -0.776. The van der Waals surface area contributed by atoms with Crippen LogP contribution in [0, 0.1) is 11.3 Å². The fraction of sp³-hybridized carbons (Fsp3) is 0.526. The lowest BCUT2D eigenvalue weighted by Crippen LogP contribution is -2.50. The fourth-order valence-electron chi connectivity index (χ4n) is 4.32. The average molecular weight is 351 g/mol. The summed E-state index contributed by atoms with van der Waals surface area (Å²) in [4.78, 5) is 13.1. The normalized spacial score (nSPS) is 29.0. The van der Waals surface area contributed by atoms with Crippen molar-refractivity contribution in [3.8, 4) is 0 Å². The lowest BCUT2D eigenvalue weighted by Gasteiger charge is -2.37. The van der Waals surface area contributed by atoms with E-state index in [1.54, 1.807) is 12.1 Å². The predicted molar refractivity (Wildman–Crippen MR) is 96.0 cm³/mol. The number of carbonyl (C=O) groups excluding carboxylic acids is 1. The Bertz CT molecular complexity index is 697. The van der Waals surface area contributed by atoms with Gasteiger partial charge in [-0.15, -0.1) is 0 Å². The maximum atomic E-state index is 13.6. The first-order chi connectivity index (χ1) is 11.1. The van der Waals surface area contributed by atoms with Crippen LogP contribution in [0.2, 0.25) is 5.02 Å². The zero-order chi connectivity index (χ0) is 17.7. The van der Waals surface area contributed by atoms with Crippen LogP contribution in [-0.2, 0) is 10.2 Å². The van der Waals surface area contributed by atoms with Gasteiger partial charge in [-0.3, -0.25) is 4.79 Å². The first-order valence-corrected chi connectivity index (χ1v) is 8.70. The van der Waals surface area contributed by atoms with Crippen LogP contribution >= 0.6 is 11.6 Å². The molecule has 5 heteroatoms. The molecule has 130 valence electrons. The average Bonchev–Trinajstić information content (AvgIpc) is 2.90. The highest BCUT2D eigenvalue weighted by molar-refractivity contribution is 6.31. The van der Waals surface area contributed by atoms with Gasteiger partial charge in [0.2, 0.25) is 5.91 Å². The van der Waals surface area contributed by atoms with Crippen molar-refractivity contribution in [2.24, 2.45) is 11.3 Å². The molecule has 3 unspecified atom stereocenters. The van der Waals surface area contributed by atoms with Crippen molar-refractivity contribution in [2.45, 2.75) is 45.1 Å². The Morgan fingerprint density at radius 1 is 1.46 bits per heavy atom. The molecule has 3 atom stereocenters. The Hall–Kier alpha value is -1.39. The summed E-state index contributed by atoms with van der Waals surface area (Å²) in [5, 5.41) is 7.04. The van der Waals surface area contributed by atoms with E-state index < -0.39 is 5.41 Å². The number of benzene rings is 1. The van der Waals surface area contributed by atoms with Crippen molar-refractivity contribution in [3.63, 3.8) is 0 Å². The second-order valence-electron chi connectivity index (χ2n) is 8.16. The molecule has 1 aromatic carbocycles. The van der Waals surface area contributed by atoms with Gasteiger partial charge in [-0.2, -0.15) is 0 Å². The molecule has 1 aromatic rings. The van der Waals surface area contributed by atoms with Gasteiger partial charge in [0.05, 0.1) is 11.2 Å². The number of hydrogen-bond donors (Lipinski definition) is 2. The molecule has 1 fully saturated rings. The van der Waals surface area contributed by atoms with Gasteiger partial charge in [0.1, 0.15) is 0 Å². The van der Waals surface area contributed by atoms with E-state index in [1.165, 1.54) is 0 Å². The molecule has 2 aliphatic heterocycles. The zero-order valence-electron chi connectivity index (χ0n) is 14.4. The maximum absolute atomic E-state index is 13.6. The van der Waals surface area contributed by atoms with Gasteiger partial charge in [0.15, 0.2) is 0 Å². The van der Waals surface area contributed by atoms with E-state index in [1.807, 2.05) is 6.07 Å². The van der Waals surface area contributed by atoms with E-state index in [0.717, 1.165) is 17.7 Å². The maximum Gasteiger partial charge on any atom is 0.237 e. The molecular formula is C19H24ClFN2O. The van der Waals surface area contributed by atoms with E-state index >= 15 is 0 Å². The monoisotopic (exact) mass is 350 g/mol. The third-order valence-corrected chi connectivity index (χ3v) is 5.37. The molecule has 0 aliphatic carbocycles. The van der Waals surface area contributed by atoms with Crippen molar-refractivity contribution in [1.29, 1.82) is 0 Å². The van der Waals surface area contributed by atoms with Gasteiger partial charge in [0.25, 0.3) is 0 Å². The van der Waals surface area contributed by atoms with Crippen LogP contribution < -0.4 is 10.6 Å². The molecule has 3 rings (SSSR count). The number of amides is 1. The lowest BCUT2D eigenvalue weighted by atomic mass is 9.65. The SMILES string of the molecule is C=C(F)CC1CNC(CC(C)(C)C)C12C(=O)Nc1cc(Cl)ccc12. The molecule has 1 spiro atoms. The van der Waals surface area contributed by atoms with Gasteiger partial charge in [0, 0.05) is 29.7 Å². The molecule has 2 N–H and O–H groups in total. The van der Waals surface area contributed by atoms with Gasteiger partial charge < -0.3 is 10.6 Å². The van der Waals surface area contributed by atoms with Crippen LogP contribution in [0.25, 0.3) is 0 Å². The summed E-state index contributed by atoms with van der Waals surface area (Å²) < 4.78 is 13.6. The van der Waals surface area contributed by atoms with Crippen molar-refractivity contribution in [3.05, 3.63) is 41.2 Å². The van der Waals surface area contributed by atoms with E-state index in [9.17, 15) is 9.18 Å². The van der Waals surface area contributed by atoms with Crippen molar-refractivity contribution >= 4 is 23.2 Å². The highest BCUT2D eigenvalue weighted by Gasteiger charge is 2.60. The molecule has 2 aliphatic rings. The van der Waals surface area contributed by atoms with Gasteiger partial charge in [-0.05, 0) is 35.4 Å². The van der Waals surface area contributed by atoms with Crippen molar-refractivity contribution < 1.29 is 9.18 Å². The smallest absolute Gasteiger partial charge is 0.237 e. The summed E-state index contributed by atoms with van der Waals surface area (Å²) in [6, 6.07) is 5.43. The largest absolute Gasteiger partial charge is 0.325 e. The van der Waals surface area contributed by atoms with E-state index in [-0.39, 0.29) is 35.5 Å². The molecule has 2 heterocycles. The number of fused-ring (bicyclic) bond motifs is 2. The Kier molecular flexibility index (Phi) is 4.25. The number of nitrogens with one attached hydrogen (secondary N) is 2. The van der Waals surface area contributed by atoms with Crippen LogP contribution in [0.4, 0.5) is 10.1 Å². The molecule has 0 radical (unpaired) electrons. The molecule has 24 heavy (non-hydrogen) atoms. The first kappa shape index (κ1) is 17.4. The quantitative estimate of drug-likeness (QED) is 0.846. The molecule has 1 amide bonds. The van der Waals surface area contributed by atoms with E-state index in [2.05, 4.69) is 38.0 Å². The second-order valence-corrected chi connectivity index (χ2v) is 8.59. The van der Waals surface area contributed by atoms with Crippen molar-refractivity contribution in [1.82, 2.24) is 5.32 Å². The van der Waals surface area contributed by atoms with Crippen LogP contribution in [0.3, 0.4) is 0 Å². The molecule has 0 saturated carbocycles. The zero-order valence-corrected chi connectivity index (χ0v) is 15.1. The Labute approximate surface area is 147 Å². The molecular weight excluding hydrogens is 327 g/mol. The predicted octanol–water partition coefficient (Wildman–Crippen LogP) is 4.43. The van der Waals surface area contributed by atoms with E-state index in [4.69, 9.17) is 11.6 Å². The fourth-order valence-corrected chi connectivity index (χ4v) is 4.49. The Balaban J connectivity index is 2.13. The van der Waals surface area contributed by atoms with E-state index in [0.29, 0.717) is 11.6 Å². The standard InChI is InChI=1S/C19H24ClFN2O/c1-11(21)7-12-10-22-16(9-18(2,3)4)19(12)14-6-5-13(20)8-15(14)23-17(19)24/h5-6,8,12,16,22H,1,7,9-10H2,2-4H3,(H,23,24). The number of hydrogen-bond acceptors (Lipinski definition) is 2. The topological polar surface area (TPSA) is 41.1 Å². The third kappa shape index (κ3) is 2.76. The first-order valence-electron chi connectivity index (χ1n) is 8.33. The van der Waals surface area contributed by atoms with Crippen LogP contribution in [-0.4, -0.2) is 18.5 Å². The summed E-state index contributed by atoms with van der Waals surface area (Å²) in [5.74, 6) is -0.608. The Morgan fingerprint density at radius 3 is 2.79 bits per heavy atom. The highest BCUT2D eigenvalue weighted by atomic mass is 35.5. The van der Waals surface area contributed by atoms with Crippen LogP contribution in [0.5, 0.6) is 0 Å². The number of halogens is 2. The van der Waals surface area contributed by atoms with Gasteiger partial charge >= 0.3 is 0 Å². The van der Waals surface area contributed by atoms with Gasteiger partial charge in [-0.1, -0.05) is 45.0 Å². The second kappa shape index (κ2) is 5.85. The summed E-state index contributed by atoms with van der Waals surface area (Å²) in [6.45, 7) is 10.5. The van der Waals surface area contributed by atoms with Crippen molar-refractivity contribution in [2.75, 3.05) is 11.9 Å². The number of rotatable bonds is 3. The van der Waals surface area contributed by atoms with Crippen LogP contribution in [0.15, 0.2) is 30.6 Å². The minimum Gasteiger partial charge on any atom is -0.325 e. The summed E-state index contributed by atoms with van der Waals surface area (Å²) >= 11 is 6.09. The Morgan fingerprint density at radius 2 is 2.17 bits per heavy atom.